The fourth-order valence-corrected chi connectivity index (χ4v) is 3.06. The number of morpholine rings is 1. The second-order valence-corrected chi connectivity index (χ2v) is 5.85. The Bertz CT molecular complexity index is 895. The van der Waals surface area contributed by atoms with Crippen molar-refractivity contribution in [2.24, 2.45) is 0 Å². The third-order valence-corrected chi connectivity index (χ3v) is 4.26. The topological polar surface area (TPSA) is 74.0 Å². The zero-order chi connectivity index (χ0) is 15.8. The maximum absolute atomic E-state index is 11.4. The molecular formula is C16H15ClN4O2. The Morgan fingerprint density at radius 3 is 2.61 bits per heavy atom. The van der Waals surface area contributed by atoms with Gasteiger partial charge in [-0.05, 0) is 18.2 Å². The normalized spacial score (nSPS) is 15.3. The highest BCUT2D eigenvalue weighted by atomic mass is 35.5. The van der Waals surface area contributed by atoms with Crippen LogP contribution in [-0.2, 0) is 4.74 Å². The Labute approximate surface area is 137 Å². The lowest BCUT2D eigenvalue weighted by molar-refractivity contribution is 0.122. The van der Waals surface area contributed by atoms with Crippen molar-refractivity contribution in [3.63, 3.8) is 0 Å². The average molecular weight is 331 g/mol. The molecule has 1 aliphatic rings. The molecule has 1 fully saturated rings. The van der Waals surface area contributed by atoms with E-state index in [1.807, 2.05) is 12.1 Å². The summed E-state index contributed by atoms with van der Waals surface area (Å²) in [4.78, 5) is 23.4. The first-order valence-corrected chi connectivity index (χ1v) is 7.80. The minimum absolute atomic E-state index is 0.289. The van der Waals surface area contributed by atoms with E-state index in [0.29, 0.717) is 21.9 Å². The maximum Gasteiger partial charge on any atom is 0.325 e. The van der Waals surface area contributed by atoms with Crippen LogP contribution in [0, 0.1) is 0 Å². The van der Waals surface area contributed by atoms with Gasteiger partial charge < -0.3 is 14.6 Å². The molecule has 1 saturated heterocycles. The third kappa shape index (κ3) is 2.71. The van der Waals surface area contributed by atoms with E-state index in [4.69, 9.17) is 16.3 Å². The molecule has 2 aromatic heterocycles. The molecule has 4 rings (SSSR count). The van der Waals surface area contributed by atoms with Crippen LogP contribution in [0.15, 0.2) is 35.1 Å². The molecule has 7 heteroatoms. The third-order valence-electron chi connectivity index (χ3n) is 3.97. The first kappa shape index (κ1) is 14.3. The van der Waals surface area contributed by atoms with Crippen molar-refractivity contribution in [1.29, 1.82) is 0 Å². The van der Waals surface area contributed by atoms with Crippen LogP contribution in [0.25, 0.3) is 22.4 Å². The van der Waals surface area contributed by atoms with Gasteiger partial charge in [0.2, 0.25) is 0 Å². The van der Waals surface area contributed by atoms with Crippen LogP contribution in [0.1, 0.15) is 0 Å². The number of aromatic amines is 2. The minimum Gasteiger partial charge on any atom is -0.378 e. The van der Waals surface area contributed by atoms with Gasteiger partial charge in [0.15, 0.2) is 5.65 Å². The SMILES string of the molecule is O=c1[nH]c2cc(Cl)c(-c3ccc(N4CCOCC4)cc3)nc2[nH]1. The predicted molar refractivity (Wildman–Crippen MR) is 90.2 cm³/mol. The van der Waals surface area contributed by atoms with Crippen LogP contribution in [0.5, 0.6) is 0 Å². The molecule has 118 valence electrons. The van der Waals surface area contributed by atoms with Crippen molar-refractivity contribution in [1.82, 2.24) is 15.0 Å². The van der Waals surface area contributed by atoms with Gasteiger partial charge in [-0.2, -0.15) is 0 Å². The number of hydrogen-bond donors (Lipinski definition) is 2. The van der Waals surface area contributed by atoms with E-state index in [9.17, 15) is 4.79 Å². The van der Waals surface area contributed by atoms with Crippen LogP contribution in [-0.4, -0.2) is 41.3 Å². The van der Waals surface area contributed by atoms with Gasteiger partial charge in [0.1, 0.15) is 0 Å². The summed E-state index contributed by atoms with van der Waals surface area (Å²) in [6, 6.07) is 9.82. The highest BCUT2D eigenvalue weighted by molar-refractivity contribution is 6.33. The number of rotatable bonds is 2. The fourth-order valence-electron chi connectivity index (χ4n) is 2.79. The Morgan fingerprint density at radius 1 is 1.13 bits per heavy atom. The van der Waals surface area contributed by atoms with E-state index >= 15 is 0 Å². The van der Waals surface area contributed by atoms with Gasteiger partial charge in [-0.25, -0.2) is 9.78 Å². The molecule has 3 aromatic rings. The molecule has 0 radical (unpaired) electrons. The second kappa shape index (κ2) is 5.72. The van der Waals surface area contributed by atoms with Crippen LogP contribution >= 0.6 is 11.6 Å². The number of aromatic nitrogens is 3. The Balaban J connectivity index is 1.69. The lowest BCUT2D eigenvalue weighted by atomic mass is 10.1. The fraction of sp³-hybridized carbons (Fsp3) is 0.250. The lowest BCUT2D eigenvalue weighted by Gasteiger charge is -2.28. The molecule has 3 heterocycles. The largest absolute Gasteiger partial charge is 0.378 e. The van der Waals surface area contributed by atoms with Crippen LogP contribution in [0.3, 0.4) is 0 Å². The Hall–Kier alpha value is -2.31. The van der Waals surface area contributed by atoms with Gasteiger partial charge in [-0.1, -0.05) is 23.7 Å². The molecule has 0 spiro atoms. The Morgan fingerprint density at radius 2 is 1.87 bits per heavy atom. The smallest absolute Gasteiger partial charge is 0.325 e. The molecule has 0 amide bonds. The number of benzene rings is 1. The number of H-pyrrole nitrogens is 2. The van der Waals surface area contributed by atoms with Gasteiger partial charge in [0.25, 0.3) is 0 Å². The number of fused-ring (bicyclic) bond motifs is 1. The molecule has 0 atom stereocenters. The molecule has 1 aliphatic heterocycles. The van der Waals surface area contributed by atoms with Crippen molar-refractivity contribution >= 4 is 28.5 Å². The molecule has 0 bridgehead atoms. The van der Waals surface area contributed by atoms with Crippen LogP contribution in [0.4, 0.5) is 5.69 Å². The monoisotopic (exact) mass is 330 g/mol. The number of imidazole rings is 1. The number of halogens is 1. The minimum atomic E-state index is -0.289. The van der Waals surface area contributed by atoms with Crippen molar-refractivity contribution in [3.05, 3.63) is 45.8 Å². The van der Waals surface area contributed by atoms with Gasteiger partial charge >= 0.3 is 5.69 Å². The summed E-state index contributed by atoms with van der Waals surface area (Å²) in [5.41, 5.74) is 3.55. The molecule has 0 aliphatic carbocycles. The number of pyridine rings is 1. The van der Waals surface area contributed by atoms with Gasteiger partial charge in [-0.15, -0.1) is 0 Å². The molecular weight excluding hydrogens is 316 g/mol. The Kier molecular flexibility index (Phi) is 3.55. The first-order chi connectivity index (χ1) is 11.2. The standard InChI is InChI=1S/C16H15ClN4O2/c17-12-9-13-15(20-16(22)18-13)19-14(12)10-1-3-11(4-2-10)21-5-7-23-8-6-21/h1-4,9H,5-8H2,(H2,18,19,20,22). The summed E-state index contributed by atoms with van der Waals surface area (Å²) >= 11 is 6.31. The van der Waals surface area contributed by atoms with E-state index in [-0.39, 0.29) is 5.69 Å². The van der Waals surface area contributed by atoms with Crippen LogP contribution in [0.2, 0.25) is 5.02 Å². The van der Waals surface area contributed by atoms with Crippen molar-refractivity contribution in [2.75, 3.05) is 31.2 Å². The zero-order valence-corrected chi connectivity index (χ0v) is 13.1. The number of nitrogens with one attached hydrogen (secondary N) is 2. The number of hydrogen-bond acceptors (Lipinski definition) is 4. The van der Waals surface area contributed by atoms with E-state index in [1.54, 1.807) is 6.07 Å². The van der Waals surface area contributed by atoms with E-state index in [0.717, 1.165) is 37.6 Å². The summed E-state index contributed by atoms with van der Waals surface area (Å²) < 4.78 is 5.37. The van der Waals surface area contributed by atoms with Gasteiger partial charge in [-0.3, -0.25) is 4.98 Å². The predicted octanol–water partition coefficient (Wildman–Crippen LogP) is 2.41. The molecule has 23 heavy (non-hydrogen) atoms. The molecule has 0 unspecified atom stereocenters. The number of ether oxygens (including phenoxy) is 1. The molecule has 2 N–H and O–H groups in total. The van der Waals surface area contributed by atoms with E-state index < -0.39 is 0 Å². The molecule has 6 nitrogen and oxygen atoms in total. The van der Waals surface area contributed by atoms with Crippen LogP contribution < -0.4 is 10.6 Å². The van der Waals surface area contributed by atoms with Crippen molar-refractivity contribution in [3.8, 4) is 11.3 Å². The van der Waals surface area contributed by atoms with E-state index in [2.05, 4.69) is 32.0 Å². The lowest BCUT2D eigenvalue weighted by Crippen LogP contribution is -2.36. The second-order valence-electron chi connectivity index (χ2n) is 5.44. The van der Waals surface area contributed by atoms with Gasteiger partial charge in [0.05, 0.1) is 29.4 Å². The van der Waals surface area contributed by atoms with E-state index in [1.165, 1.54) is 0 Å². The first-order valence-electron chi connectivity index (χ1n) is 7.42. The molecule has 0 saturated carbocycles. The van der Waals surface area contributed by atoms with Crippen molar-refractivity contribution < 1.29 is 4.74 Å². The summed E-state index contributed by atoms with van der Waals surface area (Å²) in [6.07, 6.45) is 0. The number of nitrogens with zero attached hydrogens (tertiary/aromatic N) is 2. The highest BCUT2D eigenvalue weighted by Gasteiger charge is 2.13. The summed E-state index contributed by atoms with van der Waals surface area (Å²) in [6.45, 7) is 3.31. The quantitative estimate of drug-likeness (QED) is 0.756. The summed E-state index contributed by atoms with van der Waals surface area (Å²) in [5, 5.41) is 0.506. The maximum atomic E-state index is 11.4. The molecule has 1 aromatic carbocycles. The average Bonchev–Trinajstić information content (AvgIpc) is 2.94. The van der Waals surface area contributed by atoms with Crippen molar-refractivity contribution in [2.45, 2.75) is 0 Å². The summed E-state index contributed by atoms with van der Waals surface area (Å²) in [7, 11) is 0. The van der Waals surface area contributed by atoms with Gasteiger partial charge in [0, 0.05) is 24.3 Å². The summed E-state index contributed by atoms with van der Waals surface area (Å²) in [5.74, 6) is 0. The zero-order valence-electron chi connectivity index (χ0n) is 12.3. The number of anilines is 1. The highest BCUT2D eigenvalue weighted by Crippen LogP contribution is 2.29.